The van der Waals surface area contributed by atoms with Crippen molar-refractivity contribution in [3.05, 3.63) is 59.8 Å². The molecule has 1 heterocycles. The fourth-order valence-electron chi connectivity index (χ4n) is 4.11. The predicted molar refractivity (Wildman–Crippen MR) is 146 cm³/mol. The number of nitrogens with one attached hydrogen (secondary N) is 1. The molecule has 1 aromatic carbocycles. The lowest BCUT2D eigenvalue weighted by molar-refractivity contribution is -0.139. The monoisotopic (exact) mass is 476 g/mol. The highest BCUT2D eigenvalue weighted by Crippen LogP contribution is 2.32. The quantitative estimate of drug-likeness (QED) is 0.170. The van der Waals surface area contributed by atoms with Crippen molar-refractivity contribution in [1.82, 2.24) is 9.88 Å². The summed E-state index contributed by atoms with van der Waals surface area (Å²) in [5.41, 5.74) is 0.242. The zero-order valence-electron chi connectivity index (χ0n) is 30.3. The molecule has 2 aromatic rings. The van der Waals surface area contributed by atoms with Gasteiger partial charge >= 0.3 is 5.97 Å². The first-order chi connectivity index (χ1) is 20.5. The number of likely N-dealkylation sites (N-methyl/N-ethyl adjacent to an activating group) is 1. The van der Waals surface area contributed by atoms with Gasteiger partial charge in [-0.3, -0.25) is 4.79 Å². The normalized spacial score (nSPS) is 19.0. The highest BCUT2D eigenvalue weighted by Gasteiger charge is 2.23. The molecule has 0 bridgehead atoms. The number of hydrogen-bond acceptors (Lipinski definition) is 2. The molecule has 0 amide bonds. The number of benzene rings is 1. The Labute approximate surface area is 221 Å². The third-order valence-electron chi connectivity index (χ3n) is 5.91. The summed E-state index contributed by atoms with van der Waals surface area (Å²) in [6, 6.07) is 4.73. The molecule has 0 radical (unpaired) electrons. The fraction of sp³-hybridized carbons (Fsp3) is 0.567. The summed E-state index contributed by atoms with van der Waals surface area (Å²) in [4.78, 5) is 14.8. The van der Waals surface area contributed by atoms with E-state index in [1.807, 2.05) is 0 Å². The number of allylic oxidation sites excluding steroid dienone is 4. The van der Waals surface area contributed by atoms with Crippen LogP contribution in [0.15, 0.2) is 48.7 Å². The Morgan fingerprint density at radius 3 is 2.53 bits per heavy atom. The number of H-pyrrole nitrogens is 1. The third-order valence-corrected chi connectivity index (χ3v) is 5.91. The highest BCUT2D eigenvalue weighted by atomic mass is 16.4. The van der Waals surface area contributed by atoms with Crippen LogP contribution in [0.4, 0.5) is 0 Å². The van der Waals surface area contributed by atoms with Crippen LogP contribution in [0, 0.1) is 0 Å². The average molecular weight is 477 g/mol. The number of fused-ring (bicyclic) bond motifs is 1. The third kappa shape index (κ3) is 9.89. The van der Waals surface area contributed by atoms with Gasteiger partial charge in [0.15, 0.2) is 0 Å². The highest BCUT2D eigenvalue weighted by molar-refractivity contribution is 5.91. The maximum absolute atomic E-state index is 12.4. The van der Waals surface area contributed by atoms with Crippen LogP contribution < -0.4 is 0 Å². The Morgan fingerprint density at radius 2 is 1.82 bits per heavy atom. The number of aromatic nitrogens is 1. The number of rotatable bonds is 18. The minimum absolute atomic E-state index is 0.106. The molecule has 2 rings (SSSR count). The summed E-state index contributed by atoms with van der Waals surface area (Å²) in [7, 11) is 0. The van der Waals surface area contributed by atoms with Gasteiger partial charge in [0.05, 0.1) is 5.92 Å². The molecule has 0 saturated carbocycles. The largest absolute Gasteiger partial charge is 0.481 e. The molecule has 2 N–H and O–H groups in total. The number of aryl methyl sites for hydroxylation is 1. The number of unbranched alkanes of at least 4 members (excludes halogenated alkanes) is 7. The average Bonchev–Trinajstić information content (AvgIpc) is 3.34. The standard InChI is InChI=1S/C30H46N2O2/c1-4-5-6-7-8-9-10-11-12-13-14-15-16-17-19-27(30(33)34)26-20-18-21-28-29(26)25(24-31-28)22-23-32(2)3/h8-9,11-12,18,20-21,24,27,31H,4-7,10,13-17,19,22-23H2,1-3H3,(H,33,34)/b9-8-,12-11-/i2D3,3D3,22D2,23D2. The van der Waals surface area contributed by atoms with Crippen LogP contribution in [-0.2, 0) is 11.2 Å². The smallest absolute Gasteiger partial charge is 0.310 e. The van der Waals surface area contributed by atoms with Gasteiger partial charge in [0, 0.05) is 37.3 Å². The number of carboxylic acid groups (broad SMARTS) is 1. The van der Waals surface area contributed by atoms with Gasteiger partial charge < -0.3 is 15.0 Å². The molecule has 4 heteroatoms. The fourth-order valence-corrected chi connectivity index (χ4v) is 4.11. The SMILES string of the molecule is [2H]C([2H])([2H])N(C([2H])([2H])[2H])C([2H])([2H])C([2H])([2H])c1c[nH]c2cccc(C(CCCCCC/C=C\C/C=C\CCCCC)C(=O)O)c12. The minimum Gasteiger partial charge on any atom is -0.481 e. The first-order valence-electron chi connectivity index (χ1n) is 17.4. The summed E-state index contributed by atoms with van der Waals surface area (Å²) in [6.45, 7) is -8.30. The molecule has 188 valence electrons. The van der Waals surface area contributed by atoms with Crippen LogP contribution in [0.25, 0.3) is 10.9 Å². The molecule has 0 saturated heterocycles. The lowest BCUT2D eigenvalue weighted by Gasteiger charge is -2.16. The van der Waals surface area contributed by atoms with E-state index in [0.29, 0.717) is 11.9 Å². The van der Waals surface area contributed by atoms with E-state index >= 15 is 0 Å². The van der Waals surface area contributed by atoms with Gasteiger partial charge in [-0.15, -0.1) is 0 Å². The van der Waals surface area contributed by atoms with E-state index in [-0.39, 0.29) is 22.9 Å². The van der Waals surface area contributed by atoms with E-state index in [1.165, 1.54) is 19.3 Å². The van der Waals surface area contributed by atoms with E-state index in [9.17, 15) is 9.90 Å². The molecule has 1 atom stereocenters. The molecule has 4 nitrogen and oxygen atoms in total. The van der Waals surface area contributed by atoms with E-state index in [4.69, 9.17) is 13.7 Å². The Hall–Kier alpha value is -2.33. The molecular weight excluding hydrogens is 420 g/mol. The Balaban J connectivity index is 2.15. The van der Waals surface area contributed by atoms with Crippen molar-refractivity contribution in [2.24, 2.45) is 0 Å². The van der Waals surface area contributed by atoms with Crippen LogP contribution in [0.2, 0.25) is 0 Å². The van der Waals surface area contributed by atoms with Crippen LogP contribution in [0.1, 0.15) is 108 Å². The van der Waals surface area contributed by atoms with Gasteiger partial charge in [-0.1, -0.05) is 75.5 Å². The number of aliphatic carboxylic acids is 1. The predicted octanol–water partition coefficient (Wildman–Crippen LogP) is 7.86. The second kappa shape index (κ2) is 16.3. The second-order valence-electron chi connectivity index (χ2n) is 8.60. The summed E-state index contributed by atoms with van der Waals surface area (Å²) in [5, 5.41) is 10.2. The second-order valence-corrected chi connectivity index (χ2v) is 8.60. The molecule has 1 unspecified atom stereocenters. The van der Waals surface area contributed by atoms with Gasteiger partial charge in [-0.2, -0.15) is 0 Å². The van der Waals surface area contributed by atoms with Gasteiger partial charge in [-0.05, 0) is 76.0 Å². The summed E-state index contributed by atoms with van der Waals surface area (Å²) in [6.07, 6.45) is 17.0. The molecule has 1 aromatic heterocycles. The molecule has 0 fully saturated rings. The van der Waals surface area contributed by atoms with Gasteiger partial charge in [-0.25, -0.2) is 0 Å². The number of carboxylic acids is 1. The summed E-state index contributed by atoms with van der Waals surface area (Å²) < 4.78 is 80.1. The van der Waals surface area contributed by atoms with E-state index in [0.717, 1.165) is 44.7 Å². The van der Waals surface area contributed by atoms with E-state index in [1.54, 1.807) is 18.2 Å². The number of hydrogen-bond donors (Lipinski definition) is 2. The lowest BCUT2D eigenvalue weighted by atomic mass is 9.89. The molecule has 0 aliphatic heterocycles. The summed E-state index contributed by atoms with van der Waals surface area (Å²) in [5.74, 6) is -2.15. The van der Waals surface area contributed by atoms with E-state index < -0.39 is 43.6 Å². The molecular formula is C30H46N2O2. The Morgan fingerprint density at radius 1 is 1.09 bits per heavy atom. The van der Waals surface area contributed by atoms with Crippen LogP contribution in [0.3, 0.4) is 0 Å². The topological polar surface area (TPSA) is 56.3 Å². The van der Waals surface area contributed by atoms with Gasteiger partial charge in [0.25, 0.3) is 0 Å². The van der Waals surface area contributed by atoms with Crippen molar-refractivity contribution in [3.63, 3.8) is 0 Å². The lowest BCUT2D eigenvalue weighted by Crippen LogP contribution is -2.15. The summed E-state index contributed by atoms with van der Waals surface area (Å²) >= 11 is 0. The number of aromatic amines is 1. The zero-order valence-corrected chi connectivity index (χ0v) is 20.3. The van der Waals surface area contributed by atoms with Crippen LogP contribution in [-0.4, -0.2) is 41.4 Å². The first-order valence-corrected chi connectivity index (χ1v) is 12.4. The molecule has 0 aliphatic carbocycles. The van der Waals surface area contributed by atoms with Crippen molar-refractivity contribution in [3.8, 4) is 0 Å². The van der Waals surface area contributed by atoms with Crippen molar-refractivity contribution in [1.29, 1.82) is 0 Å². The Kier molecular flexibility index (Phi) is 7.86. The number of carbonyl (C=O) groups is 1. The maximum atomic E-state index is 12.4. The minimum atomic E-state index is -3.52. The van der Waals surface area contributed by atoms with Crippen LogP contribution >= 0.6 is 0 Å². The van der Waals surface area contributed by atoms with E-state index in [2.05, 4.69) is 36.2 Å². The Bertz CT molecular complexity index is 1230. The molecule has 0 spiro atoms. The maximum Gasteiger partial charge on any atom is 0.310 e. The van der Waals surface area contributed by atoms with Crippen LogP contribution in [0.5, 0.6) is 0 Å². The first kappa shape index (κ1) is 16.4. The van der Waals surface area contributed by atoms with Gasteiger partial charge in [0.2, 0.25) is 0 Å². The van der Waals surface area contributed by atoms with Crippen molar-refractivity contribution >= 4 is 16.9 Å². The number of nitrogens with zero attached hydrogens (tertiary/aromatic N) is 1. The van der Waals surface area contributed by atoms with Crippen molar-refractivity contribution in [2.75, 3.05) is 20.4 Å². The van der Waals surface area contributed by atoms with Gasteiger partial charge in [0.1, 0.15) is 0 Å². The van der Waals surface area contributed by atoms with Crippen molar-refractivity contribution < 1.29 is 23.6 Å². The zero-order chi connectivity index (χ0) is 33.2. The molecule has 0 aliphatic rings. The van der Waals surface area contributed by atoms with Crippen molar-refractivity contribution in [2.45, 2.75) is 89.8 Å². The molecule has 34 heavy (non-hydrogen) atoms.